The predicted molar refractivity (Wildman–Crippen MR) is 142 cm³/mol. The van der Waals surface area contributed by atoms with Gasteiger partial charge in [0, 0.05) is 0 Å². The van der Waals surface area contributed by atoms with Gasteiger partial charge in [-0.05, 0) is 103 Å². The van der Waals surface area contributed by atoms with Gasteiger partial charge in [-0.2, -0.15) is 0 Å². The Kier molecular flexibility index (Phi) is 7.01. The molecule has 0 saturated heterocycles. The molecule has 0 heterocycles. The van der Waals surface area contributed by atoms with Crippen LogP contribution in [0.5, 0.6) is 0 Å². The molecule has 0 aromatic heterocycles. The van der Waals surface area contributed by atoms with Crippen molar-refractivity contribution in [2.75, 3.05) is 0 Å². The van der Waals surface area contributed by atoms with E-state index in [1.165, 1.54) is 70.6 Å². The molecular formula is C32H56O. The van der Waals surface area contributed by atoms with Crippen LogP contribution >= 0.6 is 0 Å². The van der Waals surface area contributed by atoms with Crippen LogP contribution in [0.1, 0.15) is 132 Å². The lowest BCUT2D eigenvalue weighted by Crippen LogP contribution is -2.58. The van der Waals surface area contributed by atoms with Gasteiger partial charge in [-0.25, -0.2) is 0 Å². The third-order valence-corrected chi connectivity index (χ3v) is 12.4. The van der Waals surface area contributed by atoms with E-state index < -0.39 is 0 Å². The minimum absolute atomic E-state index is 0.0385. The van der Waals surface area contributed by atoms with Gasteiger partial charge in [-0.15, -0.1) is 0 Å². The van der Waals surface area contributed by atoms with E-state index in [-0.39, 0.29) is 11.5 Å². The highest BCUT2D eigenvalue weighted by molar-refractivity contribution is 5.34. The van der Waals surface area contributed by atoms with Crippen LogP contribution in [0.25, 0.3) is 0 Å². The Bertz CT molecular complexity index is 733. The first-order valence-corrected chi connectivity index (χ1v) is 14.8. The van der Waals surface area contributed by atoms with Gasteiger partial charge in [0.15, 0.2) is 0 Å². The summed E-state index contributed by atoms with van der Waals surface area (Å²) in [6.07, 6.45) is 18.7. The topological polar surface area (TPSA) is 20.2 Å². The Balaban J connectivity index is 1.67. The van der Waals surface area contributed by atoms with Crippen molar-refractivity contribution in [2.45, 2.75) is 139 Å². The normalized spacial score (nSPS) is 45.2. The van der Waals surface area contributed by atoms with Gasteiger partial charge in [-0.3, -0.25) is 0 Å². The van der Waals surface area contributed by atoms with Gasteiger partial charge in [-0.1, -0.05) is 92.7 Å². The molecule has 4 aliphatic rings. The predicted octanol–water partition coefficient (Wildman–Crippen LogP) is 9.20. The second kappa shape index (κ2) is 8.97. The zero-order valence-electron chi connectivity index (χ0n) is 23.5. The SMILES string of the molecule is CCC[C@@]12CC[C@H]([C@H](C)CCCC(C)C)[C@@]1(C)CC[C@H]1C2=CC[C@H]2C(C)(C)[C@@H](O)CC[C@]12C. The van der Waals surface area contributed by atoms with E-state index in [0.717, 1.165) is 30.1 Å². The van der Waals surface area contributed by atoms with Crippen LogP contribution in [0.2, 0.25) is 0 Å². The lowest BCUT2D eigenvalue weighted by atomic mass is 9.40. The summed E-state index contributed by atoms with van der Waals surface area (Å²) >= 11 is 0. The van der Waals surface area contributed by atoms with Crippen molar-refractivity contribution in [1.82, 2.24) is 0 Å². The maximum atomic E-state index is 10.9. The van der Waals surface area contributed by atoms with Crippen molar-refractivity contribution < 1.29 is 5.11 Å². The minimum Gasteiger partial charge on any atom is -0.393 e. The highest BCUT2D eigenvalue weighted by Gasteiger charge is 2.66. The van der Waals surface area contributed by atoms with Gasteiger partial charge in [0.05, 0.1) is 6.10 Å². The highest BCUT2D eigenvalue weighted by atomic mass is 16.3. The molecular weight excluding hydrogens is 400 g/mol. The van der Waals surface area contributed by atoms with Crippen molar-refractivity contribution >= 4 is 0 Å². The van der Waals surface area contributed by atoms with Crippen LogP contribution < -0.4 is 0 Å². The van der Waals surface area contributed by atoms with Crippen molar-refractivity contribution in [3.8, 4) is 0 Å². The van der Waals surface area contributed by atoms with E-state index in [2.05, 4.69) is 61.5 Å². The van der Waals surface area contributed by atoms with E-state index in [9.17, 15) is 5.11 Å². The number of rotatable bonds is 7. The molecule has 1 N–H and O–H groups in total. The molecule has 33 heavy (non-hydrogen) atoms. The minimum atomic E-state index is -0.133. The van der Waals surface area contributed by atoms with Gasteiger partial charge in [0.2, 0.25) is 0 Å². The first kappa shape index (κ1) is 25.8. The average molecular weight is 457 g/mol. The quantitative estimate of drug-likeness (QED) is 0.378. The Labute approximate surface area is 206 Å². The molecule has 0 aromatic rings. The summed E-state index contributed by atoms with van der Waals surface area (Å²) in [5.41, 5.74) is 3.23. The standard InChI is InChI=1S/C32H56O/c1-9-18-32-21-16-24(23(4)12-10-11-22(2)3)31(32,8)20-15-25-26(32)13-14-27-29(5,6)28(33)17-19-30(25,27)7/h13,22-25,27-28,33H,9-12,14-21H2,1-8H3/t23-,24-,25+,27+,28+,30-,31-,32+/m1/s1. The van der Waals surface area contributed by atoms with Gasteiger partial charge in [0.1, 0.15) is 0 Å². The van der Waals surface area contributed by atoms with E-state index in [4.69, 9.17) is 0 Å². The van der Waals surface area contributed by atoms with E-state index in [0.29, 0.717) is 22.2 Å². The summed E-state index contributed by atoms with van der Waals surface area (Å²) in [5, 5.41) is 10.9. The Morgan fingerprint density at radius 2 is 1.70 bits per heavy atom. The third-order valence-electron chi connectivity index (χ3n) is 12.4. The zero-order chi connectivity index (χ0) is 24.2. The monoisotopic (exact) mass is 456 g/mol. The molecule has 0 aliphatic heterocycles. The molecule has 190 valence electrons. The second-order valence-electron chi connectivity index (χ2n) is 14.6. The number of fused-ring (bicyclic) bond motifs is 5. The van der Waals surface area contributed by atoms with Crippen LogP contribution in [0.15, 0.2) is 11.6 Å². The Hall–Kier alpha value is -0.300. The number of aliphatic hydroxyl groups excluding tert-OH is 1. The molecule has 3 fully saturated rings. The largest absolute Gasteiger partial charge is 0.393 e. The lowest BCUT2D eigenvalue weighted by molar-refractivity contribution is -0.133. The number of aliphatic hydroxyl groups is 1. The molecule has 1 nitrogen and oxygen atoms in total. The molecule has 0 aromatic carbocycles. The van der Waals surface area contributed by atoms with E-state index in [1.54, 1.807) is 0 Å². The van der Waals surface area contributed by atoms with E-state index in [1.807, 2.05) is 5.57 Å². The fraction of sp³-hybridized carbons (Fsp3) is 0.938. The second-order valence-corrected chi connectivity index (χ2v) is 14.6. The molecule has 0 amide bonds. The summed E-state index contributed by atoms with van der Waals surface area (Å²) in [6.45, 7) is 19.9. The molecule has 0 spiro atoms. The van der Waals surface area contributed by atoms with E-state index >= 15 is 0 Å². The summed E-state index contributed by atoms with van der Waals surface area (Å²) in [6, 6.07) is 0. The van der Waals surface area contributed by atoms with Crippen LogP contribution in [0.3, 0.4) is 0 Å². The van der Waals surface area contributed by atoms with Crippen molar-refractivity contribution in [3.63, 3.8) is 0 Å². The maximum absolute atomic E-state index is 10.9. The lowest BCUT2D eigenvalue weighted by Gasteiger charge is -2.65. The highest BCUT2D eigenvalue weighted by Crippen LogP contribution is 2.74. The van der Waals surface area contributed by atoms with Gasteiger partial charge in [0.25, 0.3) is 0 Å². The smallest absolute Gasteiger partial charge is 0.0594 e. The first-order chi connectivity index (χ1) is 15.4. The fourth-order valence-corrected chi connectivity index (χ4v) is 10.5. The van der Waals surface area contributed by atoms with Crippen molar-refractivity contribution in [3.05, 3.63) is 11.6 Å². The zero-order valence-corrected chi connectivity index (χ0v) is 23.5. The molecule has 1 heteroatoms. The van der Waals surface area contributed by atoms with Crippen molar-refractivity contribution in [1.29, 1.82) is 0 Å². The van der Waals surface area contributed by atoms with Crippen LogP contribution in [-0.2, 0) is 0 Å². The average Bonchev–Trinajstić information content (AvgIpc) is 3.04. The van der Waals surface area contributed by atoms with Crippen LogP contribution in [0.4, 0.5) is 0 Å². The van der Waals surface area contributed by atoms with Gasteiger partial charge < -0.3 is 5.11 Å². The Morgan fingerprint density at radius 1 is 0.970 bits per heavy atom. The summed E-state index contributed by atoms with van der Waals surface area (Å²) < 4.78 is 0. The Morgan fingerprint density at radius 3 is 2.36 bits per heavy atom. The summed E-state index contributed by atoms with van der Waals surface area (Å²) in [4.78, 5) is 0. The third kappa shape index (κ3) is 3.81. The molecule has 4 rings (SSSR count). The van der Waals surface area contributed by atoms with Gasteiger partial charge >= 0.3 is 0 Å². The first-order valence-electron chi connectivity index (χ1n) is 14.8. The van der Waals surface area contributed by atoms with Crippen molar-refractivity contribution in [2.24, 2.45) is 51.2 Å². The summed E-state index contributed by atoms with van der Waals surface area (Å²) in [7, 11) is 0. The number of allylic oxidation sites excluding steroid dienone is 2. The summed E-state index contributed by atoms with van der Waals surface area (Å²) in [5.74, 6) is 3.97. The molecule has 0 bridgehead atoms. The molecule has 0 unspecified atom stereocenters. The molecule has 3 saturated carbocycles. The molecule has 8 atom stereocenters. The van der Waals surface area contributed by atoms with Crippen LogP contribution in [0, 0.1) is 51.2 Å². The number of hydrogen-bond acceptors (Lipinski definition) is 1. The molecule has 4 aliphatic carbocycles. The maximum Gasteiger partial charge on any atom is 0.0594 e. The fourth-order valence-electron chi connectivity index (χ4n) is 10.5. The molecule has 0 radical (unpaired) electrons. The van der Waals surface area contributed by atoms with Crippen LogP contribution in [-0.4, -0.2) is 11.2 Å². The number of hydrogen-bond donors (Lipinski definition) is 1.